The highest BCUT2D eigenvalue weighted by molar-refractivity contribution is 6.06. The summed E-state index contributed by atoms with van der Waals surface area (Å²) in [5.74, 6) is 0.618. The van der Waals surface area contributed by atoms with Gasteiger partial charge in [0.2, 0.25) is 0 Å². The Morgan fingerprint density at radius 3 is 2.39 bits per heavy atom. The van der Waals surface area contributed by atoms with Gasteiger partial charge >= 0.3 is 0 Å². The lowest BCUT2D eigenvalue weighted by Gasteiger charge is -2.05. The molecule has 0 atom stereocenters. The SMILES string of the molecule is COCCOc1ccc(C(=O)/C=C/c2ccc(C#N)cc2)cc1. The zero-order valence-electron chi connectivity index (χ0n) is 12.9. The van der Waals surface area contributed by atoms with E-state index in [-0.39, 0.29) is 5.78 Å². The first-order valence-corrected chi connectivity index (χ1v) is 7.17. The number of ketones is 1. The number of carbonyl (C=O) groups is 1. The van der Waals surface area contributed by atoms with E-state index < -0.39 is 0 Å². The number of methoxy groups -OCH3 is 1. The van der Waals surface area contributed by atoms with E-state index in [0.29, 0.717) is 30.1 Å². The minimum absolute atomic E-state index is 0.0854. The number of nitrogens with zero attached hydrogens (tertiary/aromatic N) is 1. The highest BCUT2D eigenvalue weighted by Gasteiger charge is 2.02. The summed E-state index contributed by atoms with van der Waals surface area (Å²) in [4.78, 5) is 12.1. The second kappa shape index (κ2) is 8.52. The third-order valence-electron chi connectivity index (χ3n) is 3.16. The molecule has 23 heavy (non-hydrogen) atoms. The van der Waals surface area contributed by atoms with Crippen molar-refractivity contribution in [3.8, 4) is 11.8 Å². The standard InChI is InChI=1S/C19H17NO3/c1-22-12-13-23-18-9-7-17(8-10-18)19(21)11-6-15-2-4-16(14-20)5-3-15/h2-11H,12-13H2,1H3/b11-6+. The number of hydrogen-bond donors (Lipinski definition) is 0. The normalized spacial score (nSPS) is 10.4. The van der Waals surface area contributed by atoms with Crippen LogP contribution in [0.5, 0.6) is 5.75 Å². The molecule has 0 bridgehead atoms. The summed E-state index contributed by atoms with van der Waals surface area (Å²) in [5.41, 5.74) is 2.06. The molecule has 0 unspecified atom stereocenters. The molecule has 2 aromatic rings. The predicted octanol–water partition coefficient (Wildman–Crippen LogP) is 3.48. The Kier molecular flexibility index (Phi) is 6.10. The van der Waals surface area contributed by atoms with E-state index in [0.717, 1.165) is 5.56 Å². The average Bonchev–Trinajstić information content (AvgIpc) is 2.61. The van der Waals surface area contributed by atoms with Crippen molar-refractivity contribution in [2.45, 2.75) is 0 Å². The van der Waals surface area contributed by atoms with Crippen LogP contribution in [0.1, 0.15) is 21.5 Å². The number of nitriles is 1. The van der Waals surface area contributed by atoms with Crippen LogP contribution >= 0.6 is 0 Å². The maximum Gasteiger partial charge on any atom is 0.185 e. The van der Waals surface area contributed by atoms with Gasteiger partial charge in [0.25, 0.3) is 0 Å². The molecule has 0 aromatic heterocycles. The van der Waals surface area contributed by atoms with Crippen molar-refractivity contribution in [2.24, 2.45) is 0 Å². The minimum Gasteiger partial charge on any atom is -0.491 e. The largest absolute Gasteiger partial charge is 0.491 e. The first-order valence-electron chi connectivity index (χ1n) is 7.17. The Balaban J connectivity index is 1.96. The van der Waals surface area contributed by atoms with Crippen molar-refractivity contribution in [1.29, 1.82) is 5.26 Å². The highest BCUT2D eigenvalue weighted by Crippen LogP contribution is 2.13. The molecule has 0 aliphatic rings. The highest BCUT2D eigenvalue weighted by atomic mass is 16.5. The molecule has 2 aromatic carbocycles. The molecule has 0 fully saturated rings. The number of benzene rings is 2. The molecule has 0 aliphatic carbocycles. The van der Waals surface area contributed by atoms with Crippen LogP contribution in [0, 0.1) is 11.3 Å². The van der Waals surface area contributed by atoms with E-state index >= 15 is 0 Å². The fourth-order valence-electron chi connectivity index (χ4n) is 1.90. The Bertz CT molecular complexity index is 710. The van der Waals surface area contributed by atoms with Crippen LogP contribution in [-0.2, 0) is 4.74 Å². The fourth-order valence-corrected chi connectivity index (χ4v) is 1.90. The van der Waals surface area contributed by atoms with Crippen LogP contribution in [-0.4, -0.2) is 26.1 Å². The summed E-state index contributed by atoms with van der Waals surface area (Å²) in [7, 11) is 1.62. The van der Waals surface area contributed by atoms with E-state index in [1.807, 2.05) is 0 Å². The molecule has 0 saturated heterocycles. The summed E-state index contributed by atoms with van der Waals surface area (Å²) in [6.07, 6.45) is 3.24. The summed E-state index contributed by atoms with van der Waals surface area (Å²) in [5, 5.41) is 8.75. The fraction of sp³-hybridized carbons (Fsp3) is 0.158. The number of hydrogen-bond acceptors (Lipinski definition) is 4. The van der Waals surface area contributed by atoms with Crippen molar-refractivity contribution in [1.82, 2.24) is 0 Å². The van der Waals surface area contributed by atoms with Crippen LogP contribution in [0.3, 0.4) is 0 Å². The first-order chi connectivity index (χ1) is 11.2. The van der Waals surface area contributed by atoms with Crippen LogP contribution in [0.15, 0.2) is 54.6 Å². The van der Waals surface area contributed by atoms with Crippen molar-refractivity contribution < 1.29 is 14.3 Å². The lowest BCUT2D eigenvalue weighted by Crippen LogP contribution is -2.04. The van der Waals surface area contributed by atoms with Gasteiger partial charge in [0.05, 0.1) is 18.2 Å². The molecule has 4 nitrogen and oxygen atoms in total. The van der Waals surface area contributed by atoms with Crippen molar-refractivity contribution >= 4 is 11.9 Å². The lowest BCUT2D eigenvalue weighted by molar-refractivity contribution is 0.104. The van der Waals surface area contributed by atoms with Crippen molar-refractivity contribution in [3.63, 3.8) is 0 Å². The van der Waals surface area contributed by atoms with E-state index in [2.05, 4.69) is 6.07 Å². The molecule has 116 valence electrons. The van der Waals surface area contributed by atoms with Gasteiger partial charge in [-0.15, -0.1) is 0 Å². The zero-order chi connectivity index (χ0) is 16.5. The van der Waals surface area contributed by atoms with Crippen LogP contribution < -0.4 is 4.74 Å². The molecule has 0 spiro atoms. The summed E-state index contributed by atoms with van der Waals surface area (Å²) in [6.45, 7) is 0.996. The molecular weight excluding hydrogens is 290 g/mol. The molecule has 0 amide bonds. The van der Waals surface area contributed by atoms with Gasteiger partial charge in [-0.25, -0.2) is 0 Å². The van der Waals surface area contributed by atoms with Gasteiger partial charge in [0, 0.05) is 12.7 Å². The van der Waals surface area contributed by atoms with Crippen molar-refractivity contribution in [3.05, 3.63) is 71.3 Å². The lowest BCUT2D eigenvalue weighted by atomic mass is 10.1. The van der Waals surface area contributed by atoms with Gasteiger partial charge in [0.1, 0.15) is 12.4 Å². The Morgan fingerprint density at radius 2 is 1.78 bits per heavy atom. The van der Waals surface area contributed by atoms with Gasteiger partial charge < -0.3 is 9.47 Å². The van der Waals surface area contributed by atoms with Gasteiger partial charge in [-0.05, 0) is 48.0 Å². The molecule has 0 heterocycles. The topological polar surface area (TPSA) is 59.3 Å². The number of allylic oxidation sites excluding steroid dienone is 1. The van der Waals surface area contributed by atoms with Gasteiger partial charge in [-0.3, -0.25) is 4.79 Å². The molecule has 0 saturated carbocycles. The third kappa shape index (κ3) is 5.10. The second-order valence-electron chi connectivity index (χ2n) is 4.80. The van der Waals surface area contributed by atoms with E-state index in [9.17, 15) is 4.79 Å². The summed E-state index contributed by atoms with van der Waals surface area (Å²) in [6, 6.07) is 16.1. The smallest absolute Gasteiger partial charge is 0.185 e. The van der Waals surface area contributed by atoms with Crippen molar-refractivity contribution in [2.75, 3.05) is 20.3 Å². The Morgan fingerprint density at radius 1 is 1.09 bits per heavy atom. The van der Waals surface area contributed by atoms with E-state index in [1.54, 1.807) is 61.7 Å². The molecule has 4 heteroatoms. The number of rotatable bonds is 7. The van der Waals surface area contributed by atoms with Gasteiger partial charge in [0.15, 0.2) is 5.78 Å². The quantitative estimate of drug-likeness (QED) is 0.446. The van der Waals surface area contributed by atoms with Gasteiger partial charge in [-0.2, -0.15) is 5.26 Å². The van der Waals surface area contributed by atoms with Crippen LogP contribution in [0.2, 0.25) is 0 Å². The van der Waals surface area contributed by atoms with Crippen LogP contribution in [0.25, 0.3) is 6.08 Å². The van der Waals surface area contributed by atoms with E-state index in [1.165, 1.54) is 6.08 Å². The molecule has 0 aliphatic heterocycles. The average molecular weight is 307 g/mol. The molecule has 0 radical (unpaired) electrons. The van der Waals surface area contributed by atoms with Gasteiger partial charge in [-0.1, -0.05) is 18.2 Å². The monoisotopic (exact) mass is 307 g/mol. The second-order valence-corrected chi connectivity index (χ2v) is 4.80. The zero-order valence-corrected chi connectivity index (χ0v) is 12.9. The predicted molar refractivity (Wildman–Crippen MR) is 88.3 cm³/mol. The third-order valence-corrected chi connectivity index (χ3v) is 3.16. The Hall–Kier alpha value is -2.90. The summed E-state index contributed by atoms with van der Waals surface area (Å²) < 4.78 is 10.4. The molecule has 2 rings (SSSR count). The maximum absolute atomic E-state index is 12.1. The minimum atomic E-state index is -0.0854. The molecular formula is C19H17NO3. The van der Waals surface area contributed by atoms with E-state index in [4.69, 9.17) is 14.7 Å². The summed E-state index contributed by atoms with van der Waals surface area (Å²) >= 11 is 0. The number of carbonyl (C=O) groups excluding carboxylic acids is 1. The van der Waals surface area contributed by atoms with Crippen LogP contribution in [0.4, 0.5) is 0 Å². The Labute approximate surface area is 135 Å². The maximum atomic E-state index is 12.1. The number of ether oxygens (including phenoxy) is 2. The molecule has 0 N–H and O–H groups in total. The first kappa shape index (κ1) is 16.5.